The number of benzene rings is 3. The highest BCUT2D eigenvalue weighted by atomic mass is 35.5. The molecule has 1 aliphatic rings. The molecule has 9 heteroatoms. The van der Waals surface area contributed by atoms with Crippen LogP contribution >= 0.6 is 23.4 Å². The highest BCUT2D eigenvalue weighted by Crippen LogP contribution is 2.32. The van der Waals surface area contributed by atoms with Gasteiger partial charge in [0.1, 0.15) is 12.4 Å². The molecule has 1 N–H and O–H groups in total. The van der Waals surface area contributed by atoms with Crippen LogP contribution in [0.25, 0.3) is 6.08 Å². The average Bonchev–Trinajstić information content (AvgIpc) is 3.17. The number of nitrogens with zero attached hydrogens (tertiary/aromatic N) is 1. The van der Waals surface area contributed by atoms with Crippen molar-refractivity contribution >= 4 is 46.4 Å². The normalized spacial score (nSPS) is 15.4. The Balaban J connectivity index is 1.47. The third kappa shape index (κ3) is 5.65. The minimum absolute atomic E-state index is 0.0448. The van der Waals surface area contributed by atoms with Crippen LogP contribution in [0.4, 0.5) is 4.39 Å². The van der Waals surface area contributed by atoms with Crippen LogP contribution in [-0.4, -0.2) is 24.1 Å². The van der Waals surface area contributed by atoms with Gasteiger partial charge in [-0.3, -0.25) is 9.59 Å². The molecule has 3 aromatic rings. The minimum atomic E-state index is -0.487. The van der Waals surface area contributed by atoms with Crippen LogP contribution in [0.5, 0.6) is 11.5 Å². The first-order valence-electron chi connectivity index (χ1n) is 10.1. The van der Waals surface area contributed by atoms with E-state index in [1.165, 1.54) is 13.2 Å². The summed E-state index contributed by atoms with van der Waals surface area (Å²) in [4.78, 5) is 29.0. The topological polar surface area (TPSA) is 77.0 Å². The molecule has 4 rings (SSSR count). The summed E-state index contributed by atoms with van der Waals surface area (Å²) < 4.78 is 24.9. The molecule has 1 aliphatic heterocycles. The second-order valence-corrected chi connectivity index (χ2v) is 8.55. The van der Waals surface area contributed by atoms with E-state index in [-0.39, 0.29) is 23.5 Å². The van der Waals surface area contributed by atoms with Gasteiger partial charge in [0.2, 0.25) is 0 Å². The molecule has 3 aromatic carbocycles. The number of halogens is 2. The molecule has 0 spiro atoms. The monoisotopic (exact) mass is 496 g/mol. The zero-order chi connectivity index (χ0) is 24.1. The van der Waals surface area contributed by atoms with Crippen molar-refractivity contribution in [2.75, 3.05) is 7.11 Å². The fraction of sp³-hybridized carbons (Fsp3) is 0.0800. The Morgan fingerprint density at radius 1 is 1.12 bits per heavy atom. The van der Waals surface area contributed by atoms with Gasteiger partial charge < -0.3 is 14.8 Å². The molecule has 2 amide bonds. The van der Waals surface area contributed by atoms with Crippen LogP contribution in [0.2, 0.25) is 5.02 Å². The number of aliphatic imine (C=N–C) groups is 1. The molecule has 0 bridgehead atoms. The molecule has 0 radical (unpaired) electrons. The number of carbonyl (C=O) groups excluding carboxylic acids is 2. The van der Waals surface area contributed by atoms with Crippen molar-refractivity contribution in [3.8, 4) is 11.5 Å². The first-order chi connectivity index (χ1) is 16.4. The number of hydrogen-bond acceptors (Lipinski definition) is 5. The van der Waals surface area contributed by atoms with E-state index in [1.807, 2.05) is 0 Å². The number of rotatable bonds is 6. The first kappa shape index (κ1) is 23.5. The summed E-state index contributed by atoms with van der Waals surface area (Å²) in [5.74, 6) is -0.336. The standard InChI is InChI=1S/C25H18ClFN2O4S/c1-32-21-12-15(6-11-20(21)33-14-17-4-2-3-5-19(17)27)13-22-24(31)29-25(34-22)28-23(30)16-7-9-18(26)10-8-16/h2-13H,14H2,1H3,(H,28,29,30,31)/b22-13-. The average molecular weight is 497 g/mol. The highest BCUT2D eigenvalue weighted by molar-refractivity contribution is 8.18. The Bertz CT molecular complexity index is 1310. The van der Waals surface area contributed by atoms with E-state index in [1.54, 1.807) is 66.7 Å². The maximum atomic E-state index is 13.8. The summed E-state index contributed by atoms with van der Waals surface area (Å²) in [7, 11) is 1.49. The van der Waals surface area contributed by atoms with Crippen molar-refractivity contribution in [1.29, 1.82) is 0 Å². The number of ether oxygens (including phenoxy) is 2. The third-order valence-corrected chi connectivity index (χ3v) is 5.93. The molecule has 0 atom stereocenters. The van der Waals surface area contributed by atoms with Crippen molar-refractivity contribution in [3.63, 3.8) is 0 Å². The lowest BCUT2D eigenvalue weighted by molar-refractivity contribution is -0.115. The number of amidine groups is 1. The van der Waals surface area contributed by atoms with Crippen molar-refractivity contribution in [1.82, 2.24) is 5.32 Å². The van der Waals surface area contributed by atoms with Crippen molar-refractivity contribution < 1.29 is 23.5 Å². The van der Waals surface area contributed by atoms with E-state index < -0.39 is 5.91 Å². The lowest BCUT2D eigenvalue weighted by Crippen LogP contribution is -2.20. The Morgan fingerprint density at radius 2 is 1.88 bits per heavy atom. The van der Waals surface area contributed by atoms with E-state index in [9.17, 15) is 14.0 Å². The summed E-state index contributed by atoms with van der Waals surface area (Å²) in [6.45, 7) is 0.0448. The molecule has 1 saturated heterocycles. The number of carbonyl (C=O) groups is 2. The summed E-state index contributed by atoms with van der Waals surface area (Å²) in [5, 5.41) is 3.29. The molecule has 1 fully saturated rings. The lowest BCUT2D eigenvalue weighted by Gasteiger charge is -2.12. The van der Waals surface area contributed by atoms with Crippen molar-refractivity contribution in [2.24, 2.45) is 4.99 Å². The molecule has 0 unspecified atom stereocenters. The lowest BCUT2D eigenvalue weighted by atomic mass is 10.2. The third-order valence-electron chi connectivity index (χ3n) is 4.77. The van der Waals surface area contributed by atoms with Crippen LogP contribution in [0.3, 0.4) is 0 Å². The molecule has 34 heavy (non-hydrogen) atoms. The zero-order valence-electron chi connectivity index (χ0n) is 17.9. The molecule has 172 valence electrons. The van der Waals surface area contributed by atoms with E-state index in [0.717, 1.165) is 11.8 Å². The van der Waals surface area contributed by atoms with Gasteiger partial charge in [-0.05, 0) is 65.9 Å². The molecular formula is C25H18ClFN2O4S. The van der Waals surface area contributed by atoms with Gasteiger partial charge in [0, 0.05) is 16.1 Å². The number of nitrogens with one attached hydrogen (secondary N) is 1. The van der Waals surface area contributed by atoms with Gasteiger partial charge in [-0.15, -0.1) is 0 Å². The van der Waals surface area contributed by atoms with Crippen LogP contribution in [-0.2, 0) is 11.4 Å². The fourth-order valence-electron chi connectivity index (χ4n) is 3.05. The largest absolute Gasteiger partial charge is 0.493 e. The van der Waals surface area contributed by atoms with Gasteiger partial charge in [0.25, 0.3) is 11.8 Å². The van der Waals surface area contributed by atoms with Crippen molar-refractivity contribution in [3.05, 3.63) is 99.2 Å². The summed E-state index contributed by atoms with van der Waals surface area (Å²) >= 11 is 6.89. The van der Waals surface area contributed by atoms with Crippen LogP contribution in [0, 0.1) is 5.82 Å². The first-order valence-corrected chi connectivity index (χ1v) is 11.3. The van der Waals surface area contributed by atoms with Crippen LogP contribution in [0.15, 0.2) is 76.6 Å². The minimum Gasteiger partial charge on any atom is -0.493 e. The Labute approximate surface area is 204 Å². The molecule has 6 nitrogen and oxygen atoms in total. The summed E-state index contributed by atoms with van der Waals surface area (Å²) in [5.41, 5.74) is 1.47. The maximum absolute atomic E-state index is 13.8. The Kier molecular flexibility index (Phi) is 7.30. The predicted molar refractivity (Wildman–Crippen MR) is 131 cm³/mol. The van der Waals surface area contributed by atoms with Crippen LogP contribution in [0.1, 0.15) is 21.5 Å². The van der Waals surface area contributed by atoms with E-state index in [4.69, 9.17) is 21.1 Å². The smallest absolute Gasteiger partial charge is 0.279 e. The molecule has 0 aromatic heterocycles. The second kappa shape index (κ2) is 10.5. The van der Waals surface area contributed by atoms with Gasteiger partial charge >= 0.3 is 0 Å². The number of methoxy groups -OCH3 is 1. The zero-order valence-corrected chi connectivity index (χ0v) is 19.5. The summed E-state index contributed by atoms with van der Waals surface area (Å²) in [6.07, 6.45) is 1.65. The molecule has 1 heterocycles. The molecule has 0 aliphatic carbocycles. The van der Waals surface area contributed by atoms with E-state index in [2.05, 4.69) is 10.3 Å². The fourth-order valence-corrected chi connectivity index (χ4v) is 3.99. The predicted octanol–water partition coefficient (Wildman–Crippen LogP) is 5.47. The Morgan fingerprint density at radius 3 is 2.62 bits per heavy atom. The summed E-state index contributed by atoms with van der Waals surface area (Å²) in [6, 6.07) is 17.8. The van der Waals surface area contributed by atoms with Crippen molar-refractivity contribution in [2.45, 2.75) is 6.61 Å². The Hall–Kier alpha value is -3.62. The second-order valence-electron chi connectivity index (χ2n) is 7.08. The van der Waals surface area contributed by atoms with Gasteiger partial charge in [-0.2, -0.15) is 4.99 Å². The number of thioether (sulfide) groups is 1. The molecule has 0 saturated carbocycles. The van der Waals surface area contributed by atoms with E-state index >= 15 is 0 Å². The quantitative estimate of drug-likeness (QED) is 0.458. The van der Waals surface area contributed by atoms with Gasteiger partial charge in [0.05, 0.1) is 12.0 Å². The van der Waals surface area contributed by atoms with Crippen LogP contribution < -0.4 is 14.8 Å². The SMILES string of the molecule is COc1cc(/C=C2\SC(=NC(=O)c3ccc(Cl)cc3)NC2=O)ccc1OCc1ccccc1F. The highest BCUT2D eigenvalue weighted by Gasteiger charge is 2.25. The van der Waals surface area contributed by atoms with E-state index in [0.29, 0.717) is 38.1 Å². The number of hydrogen-bond donors (Lipinski definition) is 1. The van der Waals surface area contributed by atoms with Gasteiger partial charge in [-0.25, -0.2) is 4.39 Å². The maximum Gasteiger partial charge on any atom is 0.279 e. The van der Waals surface area contributed by atoms with Gasteiger partial charge in [-0.1, -0.05) is 35.9 Å². The number of amides is 2. The van der Waals surface area contributed by atoms with Gasteiger partial charge in [0.15, 0.2) is 16.7 Å². The molecular weight excluding hydrogens is 479 g/mol.